The van der Waals surface area contributed by atoms with Gasteiger partial charge in [-0.05, 0) is 41.0 Å². The molecule has 0 fully saturated rings. The van der Waals surface area contributed by atoms with Gasteiger partial charge in [0.05, 0.1) is 18.4 Å². The molecule has 1 aliphatic rings. The van der Waals surface area contributed by atoms with E-state index >= 15 is 0 Å². The molecule has 1 N–H and O–H groups in total. The number of carbonyl (C=O) groups is 1. The number of anilines is 1. The number of ether oxygens (including phenoxy) is 2. The number of methoxy groups -OCH3 is 1. The number of hydrogen-bond acceptors (Lipinski definition) is 6. The minimum absolute atomic E-state index is 0.417. The molecule has 0 amide bonds. The molecule has 0 saturated heterocycles. The monoisotopic (exact) mass is 472 g/mol. The molecule has 0 bridgehead atoms. The van der Waals surface area contributed by atoms with Crippen LogP contribution in [0.15, 0.2) is 90.8 Å². The number of nitrogens with one attached hydrogen (secondary N) is 1. The average Bonchev–Trinajstić information content (AvgIpc) is 3.36. The highest BCUT2D eigenvalue weighted by atomic mass is 35.5. The lowest BCUT2D eigenvalue weighted by molar-refractivity contribution is -0.136. The zero-order chi connectivity index (χ0) is 23.5. The van der Waals surface area contributed by atoms with Crippen LogP contribution in [0, 0.1) is 0 Å². The molecule has 5 rings (SSSR count). The normalized spacial score (nSPS) is 14.8. The van der Waals surface area contributed by atoms with Crippen molar-refractivity contribution in [3.8, 4) is 5.75 Å². The third kappa shape index (κ3) is 4.25. The molecule has 1 atom stereocenters. The van der Waals surface area contributed by atoms with E-state index in [9.17, 15) is 4.79 Å². The predicted molar refractivity (Wildman–Crippen MR) is 129 cm³/mol. The minimum Gasteiger partial charge on any atom is -0.489 e. The van der Waals surface area contributed by atoms with Crippen molar-refractivity contribution >= 4 is 29.2 Å². The Balaban J connectivity index is 1.53. The number of rotatable bonds is 6. The molecule has 0 radical (unpaired) electrons. The topological polar surface area (TPSA) is 78.3 Å². The maximum Gasteiger partial charge on any atom is 0.338 e. The van der Waals surface area contributed by atoms with Gasteiger partial charge >= 0.3 is 5.97 Å². The molecule has 3 aromatic carbocycles. The fourth-order valence-corrected chi connectivity index (χ4v) is 4.06. The third-order valence-electron chi connectivity index (χ3n) is 5.58. The van der Waals surface area contributed by atoms with Crippen molar-refractivity contribution in [1.29, 1.82) is 0 Å². The summed E-state index contributed by atoms with van der Waals surface area (Å²) in [6, 6.07) is 24.3. The molecule has 4 aromatic rings. The van der Waals surface area contributed by atoms with Crippen molar-refractivity contribution in [1.82, 2.24) is 14.8 Å². The van der Waals surface area contributed by atoms with Crippen molar-refractivity contribution in [3.05, 3.63) is 112 Å². The molecule has 34 heavy (non-hydrogen) atoms. The molecule has 170 valence electrons. The van der Waals surface area contributed by atoms with Crippen LogP contribution in [0.2, 0.25) is 5.02 Å². The minimum atomic E-state index is -0.542. The second-order valence-corrected chi connectivity index (χ2v) is 8.12. The SMILES string of the molecule is COC(=O)C1=C(c2ccc(Cl)cc2)Nc2ncnn2[C@H]1c1ccc(OCc2ccccc2)cc1. The van der Waals surface area contributed by atoms with Gasteiger partial charge < -0.3 is 14.8 Å². The van der Waals surface area contributed by atoms with Crippen LogP contribution in [0.5, 0.6) is 5.75 Å². The Kier molecular flexibility index (Phi) is 6.01. The Bertz CT molecular complexity index is 1330. The summed E-state index contributed by atoms with van der Waals surface area (Å²) in [4.78, 5) is 17.4. The van der Waals surface area contributed by atoms with E-state index in [1.165, 1.54) is 13.4 Å². The van der Waals surface area contributed by atoms with E-state index in [0.717, 1.165) is 22.4 Å². The van der Waals surface area contributed by atoms with Gasteiger partial charge in [-0.2, -0.15) is 10.1 Å². The van der Waals surface area contributed by atoms with E-state index in [2.05, 4.69) is 15.4 Å². The number of fused-ring (bicyclic) bond motifs is 1. The lowest BCUT2D eigenvalue weighted by Crippen LogP contribution is -2.29. The first-order valence-corrected chi connectivity index (χ1v) is 11.0. The molecule has 0 unspecified atom stereocenters. The molecule has 7 nitrogen and oxygen atoms in total. The molecular weight excluding hydrogens is 452 g/mol. The first-order valence-electron chi connectivity index (χ1n) is 10.7. The van der Waals surface area contributed by atoms with Crippen LogP contribution < -0.4 is 10.1 Å². The number of aromatic nitrogens is 3. The van der Waals surface area contributed by atoms with E-state index in [-0.39, 0.29) is 0 Å². The van der Waals surface area contributed by atoms with Crippen molar-refractivity contribution in [2.45, 2.75) is 12.6 Å². The maximum absolute atomic E-state index is 13.0. The highest BCUT2D eigenvalue weighted by Gasteiger charge is 2.36. The zero-order valence-corrected chi connectivity index (χ0v) is 19.1. The molecule has 0 saturated carbocycles. The van der Waals surface area contributed by atoms with E-state index in [0.29, 0.717) is 28.8 Å². The highest BCUT2D eigenvalue weighted by Crippen LogP contribution is 2.39. The van der Waals surface area contributed by atoms with Gasteiger partial charge in [-0.1, -0.05) is 66.2 Å². The number of halogens is 1. The van der Waals surface area contributed by atoms with Gasteiger partial charge in [0.15, 0.2) is 0 Å². The van der Waals surface area contributed by atoms with Gasteiger partial charge in [-0.15, -0.1) is 0 Å². The van der Waals surface area contributed by atoms with Crippen molar-refractivity contribution < 1.29 is 14.3 Å². The van der Waals surface area contributed by atoms with Gasteiger partial charge in [0.2, 0.25) is 5.95 Å². The highest BCUT2D eigenvalue weighted by molar-refractivity contribution is 6.30. The largest absolute Gasteiger partial charge is 0.489 e. The number of carbonyl (C=O) groups excluding carboxylic acids is 1. The lowest BCUT2D eigenvalue weighted by atomic mass is 9.93. The van der Waals surface area contributed by atoms with Crippen molar-refractivity contribution in [3.63, 3.8) is 0 Å². The standard InChI is InChI=1S/C26H21ClN4O3/c1-33-25(32)22-23(18-7-11-20(27)12-8-18)30-26-28-16-29-31(26)24(22)19-9-13-21(14-10-19)34-15-17-5-3-2-4-6-17/h2-14,16,24H,15H2,1H3,(H,28,29,30)/t24-/m0/s1. The van der Waals surface area contributed by atoms with Crippen molar-refractivity contribution in [2.24, 2.45) is 0 Å². The smallest absolute Gasteiger partial charge is 0.338 e. The molecular formula is C26H21ClN4O3. The Morgan fingerprint density at radius 1 is 1.03 bits per heavy atom. The molecule has 2 heterocycles. The summed E-state index contributed by atoms with van der Waals surface area (Å²) in [5, 5.41) is 8.20. The summed E-state index contributed by atoms with van der Waals surface area (Å²) in [5.41, 5.74) is 3.72. The van der Waals surface area contributed by atoms with Gasteiger partial charge in [0.25, 0.3) is 0 Å². The van der Waals surface area contributed by atoms with Gasteiger partial charge in [0, 0.05) is 5.02 Å². The summed E-state index contributed by atoms with van der Waals surface area (Å²) in [6.45, 7) is 0.467. The fourth-order valence-electron chi connectivity index (χ4n) is 3.93. The Morgan fingerprint density at radius 2 is 1.76 bits per heavy atom. The number of esters is 1. The van der Waals surface area contributed by atoms with Crippen LogP contribution in [0.3, 0.4) is 0 Å². The number of benzene rings is 3. The molecule has 0 spiro atoms. The van der Waals surface area contributed by atoms with Gasteiger partial charge in [-0.25, -0.2) is 9.48 Å². The second kappa shape index (κ2) is 9.41. The molecule has 1 aromatic heterocycles. The lowest BCUT2D eigenvalue weighted by Gasteiger charge is -2.29. The van der Waals surface area contributed by atoms with E-state index < -0.39 is 12.0 Å². The van der Waals surface area contributed by atoms with Crippen LogP contribution in [0.1, 0.15) is 22.7 Å². The van der Waals surface area contributed by atoms with Crippen LogP contribution in [0.25, 0.3) is 5.70 Å². The van der Waals surface area contributed by atoms with Crippen LogP contribution in [-0.4, -0.2) is 27.8 Å². The van der Waals surface area contributed by atoms with Crippen LogP contribution in [-0.2, 0) is 16.1 Å². The predicted octanol–water partition coefficient (Wildman–Crippen LogP) is 5.11. The second-order valence-electron chi connectivity index (χ2n) is 7.69. The Hall–Kier alpha value is -4.10. The molecule has 8 heteroatoms. The Labute approximate surface area is 201 Å². The summed E-state index contributed by atoms with van der Waals surface area (Å²) in [7, 11) is 1.36. The van der Waals surface area contributed by atoms with Gasteiger partial charge in [0.1, 0.15) is 24.7 Å². The molecule has 0 aliphatic carbocycles. The van der Waals surface area contributed by atoms with Crippen LogP contribution >= 0.6 is 11.6 Å². The summed E-state index contributed by atoms with van der Waals surface area (Å²) in [5.74, 6) is 0.780. The summed E-state index contributed by atoms with van der Waals surface area (Å²) in [6.07, 6.45) is 1.45. The Morgan fingerprint density at radius 3 is 2.47 bits per heavy atom. The fraction of sp³-hybridized carbons (Fsp3) is 0.115. The quantitative estimate of drug-likeness (QED) is 0.393. The first-order chi connectivity index (χ1) is 16.6. The van der Waals surface area contributed by atoms with E-state index in [1.807, 2.05) is 66.7 Å². The van der Waals surface area contributed by atoms with E-state index in [4.69, 9.17) is 21.1 Å². The number of hydrogen-bond donors (Lipinski definition) is 1. The van der Waals surface area contributed by atoms with Gasteiger partial charge in [-0.3, -0.25) is 0 Å². The number of nitrogens with zero attached hydrogens (tertiary/aromatic N) is 3. The average molecular weight is 473 g/mol. The van der Waals surface area contributed by atoms with Crippen molar-refractivity contribution in [2.75, 3.05) is 12.4 Å². The first kappa shape index (κ1) is 21.7. The summed E-state index contributed by atoms with van der Waals surface area (Å²) < 4.78 is 12.8. The maximum atomic E-state index is 13.0. The van der Waals surface area contributed by atoms with E-state index in [1.54, 1.807) is 16.8 Å². The summed E-state index contributed by atoms with van der Waals surface area (Å²) >= 11 is 6.08. The zero-order valence-electron chi connectivity index (χ0n) is 18.3. The molecule has 1 aliphatic heterocycles. The van der Waals surface area contributed by atoms with Crippen LogP contribution in [0.4, 0.5) is 5.95 Å². The third-order valence-corrected chi connectivity index (χ3v) is 5.83.